The summed E-state index contributed by atoms with van der Waals surface area (Å²) in [6.07, 6.45) is 4.54. The summed E-state index contributed by atoms with van der Waals surface area (Å²) >= 11 is 1.47. The van der Waals surface area contributed by atoms with Crippen LogP contribution in [0.1, 0.15) is 32.8 Å². The molecule has 0 radical (unpaired) electrons. The third-order valence-corrected chi connectivity index (χ3v) is 5.98. The zero-order valence-electron chi connectivity index (χ0n) is 15.1. The van der Waals surface area contributed by atoms with Gasteiger partial charge in [-0.25, -0.2) is 4.79 Å². The van der Waals surface area contributed by atoms with Gasteiger partial charge in [0.15, 0.2) is 0 Å². The molecule has 0 spiro atoms. The predicted molar refractivity (Wildman–Crippen MR) is 103 cm³/mol. The number of furan rings is 1. The van der Waals surface area contributed by atoms with Crippen LogP contribution in [0.5, 0.6) is 5.75 Å². The number of amides is 1. The van der Waals surface area contributed by atoms with Gasteiger partial charge in [-0.2, -0.15) is 0 Å². The molecule has 3 aromatic rings. The van der Waals surface area contributed by atoms with E-state index in [1.165, 1.54) is 18.4 Å². The van der Waals surface area contributed by atoms with Gasteiger partial charge in [0.25, 0.3) is 0 Å². The first-order chi connectivity index (χ1) is 13.1. The van der Waals surface area contributed by atoms with Gasteiger partial charge in [-0.15, -0.1) is 11.3 Å². The number of methoxy groups -OCH3 is 2. The Morgan fingerprint density at radius 2 is 2.11 bits per heavy atom. The zero-order chi connectivity index (χ0) is 19.0. The number of aryl methyl sites for hydroxylation is 1. The molecule has 1 aliphatic rings. The van der Waals surface area contributed by atoms with Crippen molar-refractivity contribution in [1.82, 2.24) is 0 Å². The number of ether oxygens (including phenoxy) is 2. The van der Waals surface area contributed by atoms with Crippen molar-refractivity contribution < 1.29 is 23.5 Å². The molecule has 0 saturated heterocycles. The highest BCUT2D eigenvalue weighted by Crippen LogP contribution is 2.39. The maximum absolute atomic E-state index is 12.6. The molecule has 27 heavy (non-hydrogen) atoms. The minimum absolute atomic E-state index is 0.142. The molecule has 0 bridgehead atoms. The van der Waals surface area contributed by atoms with Crippen LogP contribution in [0.2, 0.25) is 0 Å². The van der Waals surface area contributed by atoms with Crippen molar-refractivity contribution in [2.24, 2.45) is 0 Å². The maximum Gasteiger partial charge on any atom is 0.341 e. The van der Waals surface area contributed by atoms with Crippen LogP contribution in [0.4, 0.5) is 5.00 Å². The molecular formula is C20H19NO5S. The molecule has 1 amide bonds. The van der Waals surface area contributed by atoms with Crippen LogP contribution in [0.25, 0.3) is 11.0 Å². The molecule has 1 aromatic carbocycles. The van der Waals surface area contributed by atoms with Crippen LogP contribution in [0, 0.1) is 0 Å². The molecule has 140 valence electrons. The van der Waals surface area contributed by atoms with Crippen LogP contribution in [0.15, 0.2) is 28.9 Å². The average molecular weight is 385 g/mol. The van der Waals surface area contributed by atoms with Gasteiger partial charge in [0, 0.05) is 15.8 Å². The van der Waals surface area contributed by atoms with Gasteiger partial charge in [0.2, 0.25) is 5.91 Å². The van der Waals surface area contributed by atoms with E-state index in [9.17, 15) is 9.59 Å². The maximum atomic E-state index is 12.6. The van der Waals surface area contributed by atoms with Crippen LogP contribution >= 0.6 is 11.3 Å². The first-order valence-corrected chi connectivity index (χ1v) is 9.49. The Morgan fingerprint density at radius 1 is 1.26 bits per heavy atom. The standard InChI is InChI=1S/C20H19NO5S/c1-24-12-6-7-15-14(9-12)11(10-26-15)8-17(22)21-19-18(20(23)25-2)13-4-3-5-16(13)27-19/h6-7,9-10H,3-5,8H2,1-2H3,(H,21,22). The number of nitrogens with one attached hydrogen (secondary N) is 1. The van der Waals surface area contributed by atoms with Crippen molar-refractivity contribution in [3.05, 3.63) is 46.0 Å². The van der Waals surface area contributed by atoms with E-state index in [1.807, 2.05) is 18.2 Å². The largest absolute Gasteiger partial charge is 0.497 e. The molecule has 0 aliphatic heterocycles. The third-order valence-electron chi connectivity index (χ3n) is 4.78. The summed E-state index contributed by atoms with van der Waals surface area (Å²) in [5.74, 6) is 0.0991. The van der Waals surface area contributed by atoms with E-state index in [0.717, 1.165) is 40.7 Å². The first-order valence-electron chi connectivity index (χ1n) is 8.67. The van der Waals surface area contributed by atoms with Crippen LogP contribution < -0.4 is 10.1 Å². The Morgan fingerprint density at radius 3 is 2.89 bits per heavy atom. The van der Waals surface area contributed by atoms with E-state index in [-0.39, 0.29) is 12.3 Å². The highest BCUT2D eigenvalue weighted by Gasteiger charge is 2.28. The molecule has 6 nitrogen and oxygen atoms in total. The van der Waals surface area contributed by atoms with Gasteiger partial charge in [-0.3, -0.25) is 4.79 Å². The first kappa shape index (κ1) is 17.6. The summed E-state index contributed by atoms with van der Waals surface area (Å²) in [6, 6.07) is 5.47. The minimum atomic E-state index is -0.400. The second kappa shape index (κ2) is 7.08. The summed E-state index contributed by atoms with van der Waals surface area (Å²) < 4.78 is 15.7. The molecule has 2 heterocycles. The van der Waals surface area contributed by atoms with E-state index < -0.39 is 5.97 Å². The number of carbonyl (C=O) groups excluding carboxylic acids is 2. The Bertz CT molecular complexity index is 1030. The number of hydrogen-bond donors (Lipinski definition) is 1. The third kappa shape index (κ3) is 3.19. The van der Waals surface area contributed by atoms with Crippen LogP contribution in [-0.2, 0) is 28.8 Å². The smallest absolute Gasteiger partial charge is 0.341 e. The van der Waals surface area contributed by atoms with Gasteiger partial charge in [0.05, 0.1) is 32.5 Å². The molecule has 1 aliphatic carbocycles. The van der Waals surface area contributed by atoms with Crippen molar-refractivity contribution in [3.8, 4) is 5.75 Å². The number of hydrogen-bond acceptors (Lipinski definition) is 6. The normalized spacial score (nSPS) is 12.8. The van der Waals surface area contributed by atoms with E-state index in [1.54, 1.807) is 13.4 Å². The lowest BCUT2D eigenvalue weighted by Crippen LogP contribution is -2.16. The fourth-order valence-electron chi connectivity index (χ4n) is 3.48. The lowest BCUT2D eigenvalue weighted by molar-refractivity contribution is -0.115. The molecule has 0 fully saturated rings. The number of esters is 1. The van der Waals surface area contributed by atoms with Crippen molar-refractivity contribution in [1.29, 1.82) is 0 Å². The Hall–Kier alpha value is -2.80. The summed E-state index contributed by atoms with van der Waals surface area (Å²) in [5, 5.41) is 4.30. The summed E-state index contributed by atoms with van der Waals surface area (Å²) in [5.41, 5.74) is 2.98. The molecule has 2 aromatic heterocycles. The fourth-order valence-corrected chi connectivity index (χ4v) is 4.77. The minimum Gasteiger partial charge on any atom is -0.497 e. The van der Waals surface area contributed by atoms with Crippen molar-refractivity contribution in [2.45, 2.75) is 25.7 Å². The van der Waals surface area contributed by atoms with Gasteiger partial charge in [-0.05, 0) is 43.0 Å². The van der Waals surface area contributed by atoms with Gasteiger partial charge >= 0.3 is 5.97 Å². The summed E-state index contributed by atoms with van der Waals surface area (Å²) in [4.78, 5) is 26.0. The van der Waals surface area contributed by atoms with E-state index in [2.05, 4.69) is 5.32 Å². The number of anilines is 1. The monoisotopic (exact) mass is 385 g/mol. The Labute approximate surface area is 160 Å². The number of rotatable bonds is 5. The predicted octanol–water partition coefficient (Wildman–Crippen LogP) is 3.96. The number of fused-ring (bicyclic) bond motifs is 2. The van der Waals surface area contributed by atoms with Gasteiger partial charge in [-0.1, -0.05) is 0 Å². The average Bonchev–Trinajstić information content (AvgIpc) is 3.35. The molecule has 0 unspecified atom stereocenters. The molecule has 4 rings (SSSR count). The number of benzene rings is 1. The second-order valence-corrected chi connectivity index (χ2v) is 7.51. The second-order valence-electron chi connectivity index (χ2n) is 6.40. The zero-order valence-corrected chi connectivity index (χ0v) is 15.9. The number of carbonyl (C=O) groups is 2. The molecule has 7 heteroatoms. The van der Waals surface area contributed by atoms with Crippen molar-refractivity contribution in [3.63, 3.8) is 0 Å². The topological polar surface area (TPSA) is 77.8 Å². The van der Waals surface area contributed by atoms with Crippen LogP contribution in [-0.4, -0.2) is 26.1 Å². The number of thiophene rings is 1. The highest BCUT2D eigenvalue weighted by atomic mass is 32.1. The van der Waals surface area contributed by atoms with E-state index in [0.29, 0.717) is 21.9 Å². The Balaban J connectivity index is 1.58. The fraction of sp³-hybridized carbons (Fsp3) is 0.300. The van der Waals surface area contributed by atoms with Gasteiger partial charge in [0.1, 0.15) is 16.3 Å². The quantitative estimate of drug-likeness (QED) is 0.673. The summed E-state index contributed by atoms with van der Waals surface area (Å²) in [6.45, 7) is 0. The highest BCUT2D eigenvalue weighted by molar-refractivity contribution is 7.17. The van der Waals surface area contributed by atoms with E-state index >= 15 is 0 Å². The lowest BCUT2D eigenvalue weighted by Gasteiger charge is -2.07. The van der Waals surface area contributed by atoms with Gasteiger partial charge < -0.3 is 19.2 Å². The molecule has 0 saturated carbocycles. The Kier molecular flexibility index (Phi) is 4.61. The van der Waals surface area contributed by atoms with Crippen molar-refractivity contribution in [2.75, 3.05) is 19.5 Å². The molecule has 0 atom stereocenters. The molecular weight excluding hydrogens is 366 g/mol. The SMILES string of the molecule is COC(=O)c1c(NC(=O)Cc2coc3ccc(OC)cc23)sc2c1CCC2. The lowest BCUT2D eigenvalue weighted by atomic mass is 10.1. The van der Waals surface area contributed by atoms with E-state index in [4.69, 9.17) is 13.9 Å². The molecule has 1 N–H and O–H groups in total. The van der Waals surface area contributed by atoms with Crippen molar-refractivity contribution >= 4 is 39.2 Å². The van der Waals surface area contributed by atoms with Crippen LogP contribution in [0.3, 0.4) is 0 Å². The summed E-state index contributed by atoms with van der Waals surface area (Å²) in [7, 11) is 2.95.